The van der Waals surface area contributed by atoms with E-state index in [-0.39, 0.29) is 0 Å². The molecule has 1 aliphatic rings. The highest BCUT2D eigenvalue weighted by Gasteiger charge is 2.17. The zero-order valence-corrected chi connectivity index (χ0v) is 12.7. The smallest absolute Gasteiger partial charge is 0.194 e. The molecule has 2 aromatic heterocycles. The molecule has 4 heteroatoms. The second-order valence-electron chi connectivity index (χ2n) is 5.89. The van der Waals surface area contributed by atoms with E-state index in [9.17, 15) is 0 Å². The van der Waals surface area contributed by atoms with Crippen LogP contribution in [0.25, 0.3) is 4.96 Å². The third-order valence-electron chi connectivity index (χ3n) is 4.38. The summed E-state index contributed by atoms with van der Waals surface area (Å²) in [6.07, 6.45) is 8.93. The van der Waals surface area contributed by atoms with Gasteiger partial charge in [-0.3, -0.25) is 4.40 Å². The van der Waals surface area contributed by atoms with Gasteiger partial charge in [0.25, 0.3) is 0 Å². The molecule has 104 valence electrons. The summed E-state index contributed by atoms with van der Waals surface area (Å²) in [6.45, 7) is 5.45. The van der Waals surface area contributed by atoms with E-state index in [1.807, 2.05) is 0 Å². The summed E-state index contributed by atoms with van der Waals surface area (Å²) in [6, 6.07) is 0.688. The molecule has 0 amide bonds. The van der Waals surface area contributed by atoms with Crippen LogP contribution in [0.1, 0.15) is 50.4 Å². The molecule has 2 atom stereocenters. The van der Waals surface area contributed by atoms with E-state index in [2.05, 4.69) is 40.1 Å². The minimum Gasteiger partial charge on any atom is -0.308 e. The van der Waals surface area contributed by atoms with Crippen molar-refractivity contribution in [3.05, 3.63) is 23.0 Å². The highest BCUT2D eigenvalue weighted by Crippen LogP contribution is 2.23. The number of fused-ring (bicyclic) bond motifs is 1. The zero-order chi connectivity index (χ0) is 13.2. The Hall–Kier alpha value is -0.870. The maximum atomic E-state index is 4.61. The van der Waals surface area contributed by atoms with Gasteiger partial charge in [-0.1, -0.05) is 19.8 Å². The van der Waals surface area contributed by atoms with Crippen LogP contribution in [0.3, 0.4) is 0 Å². The van der Waals surface area contributed by atoms with Gasteiger partial charge in [0.1, 0.15) is 0 Å². The summed E-state index contributed by atoms with van der Waals surface area (Å²) in [7, 11) is 0. The first-order valence-corrected chi connectivity index (χ1v) is 8.26. The number of aryl methyl sites for hydroxylation is 1. The van der Waals surface area contributed by atoms with Gasteiger partial charge in [0.2, 0.25) is 0 Å². The lowest BCUT2D eigenvalue weighted by Crippen LogP contribution is -2.28. The van der Waals surface area contributed by atoms with Gasteiger partial charge in [-0.05, 0) is 32.1 Å². The molecule has 19 heavy (non-hydrogen) atoms. The van der Waals surface area contributed by atoms with Crippen molar-refractivity contribution in [2.75, 3.05) is 0 Å². The van der Waals surface area contributed by atoms with E-state index in [0.717, 1.165) is 17.4 Å². The van der Waals surface area contributed by atoms with E-state index in [1.165, 1.54) is 43.5 Å². The molecular formula is C15H23N3S. The minimum atomic E-state index is 0.688. The van der Waals surface area contributed by atoms with Gasteiger partial charge in [-0.15, -0.1) is 11.3 Å². The van der Waals surface area contributed by atoms with Crippen molar-refractivity contribution < 1.29 is 0 Å². The summed E-state index contributed by atoms with van der Waals surface area (Å²) < 4.78 is 2.23. The summed E-state index contributed by atoms with van der Waals surface area (Å²) in [5.74, 6) is 0.909. The maximum Gasteiger partial charge on any atom is 0.194 e. The number of rotatable bonds is 3. The first-order valence-electron chi connectivity index (χ1n) is 7.38. The average molecular weight is 277 g/mol. The molecule has 1 aliphatic carbocycles. The van der Waals surface area contributed by atoms with E-state index < -0.39 is 0 Å². The van der Waals surface area contributed by atoms with E-state index in [0.29, 0.717) is 6.04 Å². The molecule has 3 rings (SSSR count). The second-order valence-corrected chi connectivity index (χ2v) is 6.76. The SMILES string of the molecule is Cc1nc2sccn2c1CNC1CCCC(C)CC1. The molecule has 0 saturated heterocycles. The Bertz CT molecular complexity index is 543. The Labute approximate surface area is 119 Å². The molecule has 3 nitrogen and oxygen atoms in total. The average Bonchev–Trinajstić information content (AvgIpc) is 2.86. The molecule has 0 radical (unpaired) electrons. The molecule has 0 aliphatic heterocycles. The molecule has 2 aromatic rings. The van der Waals surface area contributed by atoms with E-state index in [4.69, 9.17) is 0 Å². The summed E-state index contributed by atoms with van der Waals surface area (Å²) in [5.41, 5.74) is 2.50. The molecule has 0 bridgehead atoms. The molecular weight excluding hydrogens is 254 g/mol. The fourth-order valence-corrected chi connectivity index (χ4v) is 3.86. The predicted octanol–water partition coefficient (Wildman–Crippen LogP) is 3.76. The van der Waals surface area contributed by atoms with Crippen molar-refractivity contribution in [1.82, 2.24) is 14.7 Å². The van der Waals surface area contributed by atoms with Crippen LogP contribution in [-0.4, -0.2) is 15.4 Å². The third-order valence-corrected chi connectivity index (χ3v) is 5.13. The van der Waals surface area contributed by atoms with Gasteiger partial charge in [0.15, 0.2) is 4.96 Å². The molecule has 1 N–H and O–H groups in total. The van der Waals surface area contributed by atoms with E-state index >= 15 is 0 Å². The summed E-state index contributed by atoms with van der Waals surface area (Å²) in [4.78, 5) is 5.72. The van der Waals surface area contributed by atoms with Gasteiger partial charge in [-0.25, -0.2) is 4.98 Å². The molecule has 2 heterocycles. The fraction of sp³-hybridized carbons (Fsp3) is 0.667. The number of thiazole rings is 1. The van der Waals surface area contributed by atoms with Crippen LogP contribution < -0.4 is 5.32 Å². The van der Waals surface area contributed by atoms with Crippen LogP contribution in [0.4, 0.5) is 0 Å². The Kier molecular flexibility index (Phi) is 3.89. The Morgan fingerprint density at radius 2 is 2.26 bits per heavy atom. The van der Waals surface area contributed by atoms with Crippen LogP contribution in [0.5, 0.6) is 0 Å². The number of nitrogens with one attached hydrogen (secondary N) is 1. The summed E-state index contributed by atoms with van der Waals surface area (Å²) >= 11 is 1.71. The summed E-state index contributed by atoms with van der Waals surface area (Å²) in [5, 5.41) is 5.86. The third kappa shape index (κ3) is 2.84. The molecule has 1 saturated carbocycles. The van der Waals surface area contributed by atoms with Gasteiger partial charge < -0.3 is 5.32 Å². The topological polar surface area (TPSA) is 29.3 Å². The number of nitrogens with zero attached hydrogens (tertiary/aromatic N) is 2. The van der Waals surface area contributed by atoms with Crippen molar-refractivity contribution in [1.29, 1.82) is 0 Å². The lowest BCUT2D eigenvalue weighted by Gasteiger charge is -2.16. The second kappa shape index (κ2) is 5.63. The quantitative estimate of drug-likeness (QED) is 0.866. The zero-order valence-electron chi connectivity index (χ0n) is 11.9. The van der Waals surface area contributed by atoms with Crippen molar-refractivity contribution in [2.24, 2.45) is 5.92 Å². The van der Waals surface area contributed by atoms with Crippen molar-refractivity contribution in [2.45, 2.75) is 58.5 Å². The molecule has 0 aromatic carbocycles. The van der Waals surface area contributed by atoms with Gasteiger partial charge in [0.05, 0.1) is 11.4 Å². The van der Waals surface area contributed by atoms with Crippen LogP contribution in [0, 0.1) is 12.8 Å². The number of hydrogen-bond acceptors (Lipinski definition) is 3. The minimum absolute atomic E-state index is 0.688. The van der Waals surface area contributed by atoms with Crippen LogP contribution in [0.15, 0.2) is 11.6 Å². The molecule has 1 fully saturated rings. The van der Waals surface area contributed by atoms with Gasteiger partial charge in [-0.2, -0.15) is 0 Å². The van der Waals surface area contributed by atoms with Gasteiger partial charge >= 0.3 is 0 Å². The normalized spacial score (nSPS) is 24.7. The maximum absolute atomic E-state index is 4.61. The first kappa shape index (κ1) is 13.1. The Morgan fingerprint density at radius 3 is 3.16 bits per heavy atom. The largest absolute Gasteiger partial charge is 0.308 e. The van der Waals surface area contributed by atoms with Crippen molar-refractivity contribution in [3.8, 4) is 0 Å². The van der Waals surface area contributed by atoms with Crippen LogP contribution >= 0.6 is 11.3 Å². The lowest BCUT2D eigenvalue weighted by molar-refractivity contribution is 0.444. The standard InChI is InChI=1S/C15H23N3S/c1-11-4-3-5-13(7-6-11)16-10-14-12(2)17-15-18(14)8-9-19-15/h8-9,11,13,16H,3-7,10H2,1-2H3. The first-order chi connectivity index (χ1) is 9.24. The number of imidazole rings is 1. The monoisotopic (exact) mass is 277 g/mol. The molecule has 0 spiro atoms. The number of aromatic nitrogens is 2. The highest BCUT2D eigenvalue weighted by atomic mass is 32.1. The van der Waals surface area contributed by atoms with Gasteiger partial charge in [0, 0.05) is 24.2 Å². The predicted molar refractivity (Wildman–Crippen MR) is 80.7 cm³/mol. The fourth-order valence-electron chi connectivity index (χ4n) is 3.09. The van der Waals surface area contributed by atoms with Crippen LogP contribution in [0.2, 0.25) is 0 Å². The van der Waals surface area contributed by atoms with Crippen molar-refractivity contribution >= 4 is 16.3 Å². The highest BCUT2D eigenvalue weighted by molar-refractivity contribution is 7.15. The van der Waals surface area contributed by atoms with E-state index in [1.54, 1.807) is 11.3 Å². The Balaban J connectivity index is 1.65. The molecule has 2 unspecified atom stereocenters. The number of hydrogen-bond donors (Lipinski definition) is 1. The van der Waals surface area contributed by atoms with Crippen LogP contribution in [-0.2, 0) is 6.54 Å². The Morgan fingerprint density at radius 1 is 1.37 bits per heavy atom. The van der Waals surface area contributed by atoms with Crippen molar-refractivity contribution in [3.63, 3.8) is 0 Å². The lowest BCUT2D eigenvalue weighted by atomic mass is 10.0.